The summed E-state index contributed by atoms with van der Waals surface area (Å²) in [6.07, 6.45) is 6.26. The van der Waals surface area contributed by atoms with E-state index >= 15 is 0 Å². The van der Waals surface area contributed by atoms with Crippen molar-refractivity contribution in [2.45, 2.75) is 48.9 Å². The normalized spacial score (nSPS) is 17.0. The minimum atomic E-state index is -3.37. The first kappa shape index (κ1) is 17.3. The summed E-state index contributed by atoms with van der Waals surface area (Å²) in [6, 6.07) is 4.37. The third-order valence-electron chi connectivity index (χ3n) is 3.47. The van der Waals surface area contributed by atoms with E-state index in [4.69, 9.17) is 0 Å². The fraction of sp³-hybridized carbons (Fsp3) is 0.714. The van der Waals surface area contributed by atoms with E-state index in [0.29, 0.717) is 10.3 Å². The lowest BCUT2D eigenvalue weighted by molar-refractivity contribution is 0.560. The highest BCUT2D eigenvalue weighted by Gasteiger charge is 2.22. The van der Waals surface area contributed by atoms with Crippen molar-refractivity contribution < 1.29 is 8.42 Å². The van der Waals surface area contributed by atoms with Gasteiger partial charge in [0, 0.05) is 29.3 Å². The maximum atomic E-state index is 12.4. The van der Waals surface area contributed by atoms with E-state index in [1.807, 2.05) is 19.2 Å². The predicted molar refractivity (Wildman–Crippen MR) is 91.8 cm³/mol. The Morgan fingerprint density at radius 3 is 2.81 bits per heavy atom. The van der Waals surface area contributed by atoms with Gasteiger partial charge in [-0.25, -0.2) is 13.1 Å². The first-order valence-corrected chi connectivity index (χ1v) is 11.1. The van der Waals surface area contributed by atoms with Crippen molar-refractivity contribution in [2.24, 2.45) is 0 Å². The molecule has 2 N–H and O–H groups in total. The Labute approximate surface area is 136 Å². The highest BCUT2D eigenvalue weighted by Crippen LogP contribution is 2.23. The third-order valence-corrected chi connectivity index (χ3v) is 7.36. The Morgan fingerprint density at radius 1 is 1.43 bits per heavy atom. The third kappa shape index (κ3) is 5.56. The van der Waals surface area contributed by atoms with Gasteiger partial charge in [-0.05, 0) is 44.1 Å². The van der Waals surface area contributed by atoms with Crippen LogP contribution in [0.3, 0.4) is 0 Å². The van der Waals surface area contributed by atoms with Crippen LogP contribution in [0.2, 0.25) is 0 Å². The van der Waals surface area contributed by atoms with Crippen LogP contribution >= 0.6 is 23.1 Å². The largest absolute Gasteiger partial charge is 0.314 e. The Kier molecular flexibility index (Phi) is 6.55. The minimum absolute atomic E-state index is 0.00656. The number of hydrogen-bond acceptors (Lipinski definition) is 5. The second-order valence-electron chi connectivity index (χ2n) is 5.38. The zero-order chi connectivity index (χ0) is 15.3. The van der Waals surface area contributed by atoms with E-state index < -0.39 is 10.0 Å². The van der Waals surface area contributed by atoms with Crippen molar-refractivity contribution in [1.82, 2.24) is 10.0 Å². The molecule has 0 aliphatic heterocycles. The summed E-state index contributed by atoms with van der Waals surface area (Å²) in [7, 11) is -3.37. The van der Waals surface area contributed by atoms with E-state index in [2.05, 4.69) is 10.0 Å². The van der Waals surface area contributed by atoms with E-state index in [0.717, 1.165) is 30.0 Å². The van der Waals surface area contributed by atoms with Gasteiger partial charge >= 0.3 is 0 Å². The number of nitrogens with one attached hydrogen (secondary N) is 2. The quantitative estimate of drug-likeness (QED) is 0.682. The zero-order valence-corrected chi connectivity index (χ0v) is 15.0. The molecule has 1 aromatic rings. The van der Waals surface area contributed by atoms with Crippen LogP contribution in [0.1, 0.15) is 31.1 Å². The molecule has 4 nitrogen and oxygen atoms in total. The fourth-order valence-corrected chi connectivity index (χ4v) is 5.56. The number of thiophene rings is 1. The second-order valence-corrected chi connectivity index (χ2v) is 9.40. The summed E-state index contributed by atoms with van der Waals surface area (Å²) in [6.45, 7) is 2.94. The van der Waals surface area contributed by atoms with Crippen LogP contribution in [0.25, 0.3) is 0 Å². The monoisotopic (exact) mass is 348 g/mol. The maximum absolute atomic E-state index is 12.4. The number of sulfonamides is 1. The van der Waals surface area contributed by atoms with Gasteiger partial charge in [0.25, 0.3) is 0 Å². The van der Waals surface area contributed by atoms with Crippen LogP contribution in [0.4, 0.5) is 0 Å². The summed E-state index contributed by atoms with van der Waals surface area (Å²) < 4.78 is 28.0. The standard InChI is InChI=1S/C14H24N2O2S3/c1-3-11(10-19-2)16-21(17,18)14-7-6-13(20-14)8-9-15-12-4-5-12/h6-7,11-12,15-16H,3-5,8-10H2,1-2H3. The Hall–Kier alpha value is -0.0800. The SMILES string of the molecule is CCC(CSC)NS(=O)(=O)c1ccc(CCNC2CC2)s1. The van der Waals surface area contributed by atoms with E-state index in [1.54, 1.807) is 17.8 Å². The molecule has 1 fully saturated rings. The fourth-order valence-electron chi connectivity index (χ4n) is 2.04. The van der Waals surface area contributed by atoms with Gasteiger partial charge in [0.1, 0.15) is 4.21 Å². The van der Waals surface area contributed by atoms with E-state index in [1.165, 1.54) is 24.2 Å². The number of thioether (sulfide) groups is 1. The molecule has 1 unspecified atom stereocenters. The van der Waals surface area contributed by atoms with Gasteiger partial charge in [0.15, 0.2) is 0 Å². The van der Waals surface area contributed by atoms with Gasteiger partial charge in [0.05, 0.1) is 0 Å². The topological polar surface area (TPSA) is 58.2 Å². The smallest absolute Gasteiger partial charge is 0.250 e. The molecule has 21 heavy (non-hydrogen) atoms. The van der Waals surface area contributed by atoms with Crippen molar-refractivity contribution in [2.75, 3.05) is 18.6 Å². The zero-order valence-electron chi connectivity index (χ0n) is 12.6. The molecular weight excluding hydrogens is 324 g/mol. The lowest BCUT2D eigenvalue weighted by atomic mass is 10.3. The minimum Gasteiger partial charge on any atom is -0.314 e. The first-order valence-electron chi connectivity index (χ1n) is 7.38. The summed E-state index contributed by atoms with van der Waals surface area (Å²) in [4.78, 5) is 1.13. The van der Waals surface area contributed by atoms with Crippen LogP contribution in [0.15, 0.2) is 16.3 Å². The molecule has 0 bridgehead atoms. The average molecular weight is 349 g/mol. The molecule has 2 rings (SSSR count). The molecular formula is C14H24N2O2S3. The van der Waals surface area contributed by atoms with Crippen molar-refractivity contribution in [3.8, 4) is 0 Å². The summed E-state index contributed by atoms with van der Waals surface area (Å²) >= 11 is 3.05. The molecule has 1 aliphatic carbocycles. The molecule has 1 heterocycles. The molecule has 1 aliphatic rings. The molecule has 1 aromatic heterocycles. The molecule has 120 valence electrons. The number of hydrogen-bond donors (Lipinski definition) is 2. The van der Waals surface area contributed by atoms with Crippen molar-refractivity contribution in [1.29, 1.82) is 0 Å². The molecule has 0 aromatic carbocycles. The Morgan fingerprint density at radius 2 is 2.19 bits per heavy atom. The molecule has 0 saturated heterocycles. The summed E-state index contributed by atoms with van der Waals surface area (Å²) in [5.41, 5.74) is 0. The van der Waals surface area contributed by atoms with Gasteiger partial charge in [0.2, 0.25) is 10.0 Å². The van der Waals surface area contributed by atoms with Crippen molar-refractivity contribution in [3.05, 3.63) is 17.0 Å². The molecule has 0 spiro atoms. The van der Waals surface area contributed by atoms with Gasteiger partial charge in [-0.15, -0.1) is 11.3 Å². The van der Waals surface area contributed by atoms with Crippen LogP contribution in [0.5, 0.6) is 0 Å². The number of rotatable bonds is 10. The highest BCUT2D eigenvalue weighted by atomic mass is 32.2. The van der Waals surface area contributed by atoms with E-state index in [-0.39, 0.29) is 6.04 Å². The van der Waals surface area contributed by atoms with Crippen LogP contribution < -0.4 is 10.0 Å². The van der Waals surface area contributed by atoms with Crippen LogP contribution in [0, 0.1) is 0 Å². The molecule has 1 atom stereocenters. The van der Waals surface area contributed by atoms with Crippen molar-refractivity contribution >= 4 is 33.1 Å². The average Bonchev–Trinajstić information content (AvgIpc) is 3.13. The molecule has 7 heteroatoms. The Balaban J connectivity index is 1.90. The Bertz CT molecular complexity index is 538. The molecule has 0 radical (unpaired) electrons. The van der Waals surface area contributed by atoms with E-state index in [9.17, 15) is 8.42 Å². The lowest BCUT2D eigenvalue weighted by Crippen LogP contribution is -2.35. The van der Waals surface area contributed by atoms with Gasteiger partial charge in [-0.1, -0.05) is 6.92 Å². The van der Waals surface area contributed by atoms with Crippen LogP contribution in [-0.4, -0.2) is 39.1 Å². The summed E-state index contributed by atoms with van der Waals surface area (Å²) in [5.74, 6) is 0.805. The first-order chi connectivity index (χ1) is 10.0. The second kappa shape index (κ2) is 7.97. The summed E-state index contributed by atoms with van der Waals surface area (Å²) in [5, 5.41) is 3.45. The predicted octanol–water partition coefficient (Wildman–Crippen LogP) is 2.46. The lowest BCUT2D eigenvalue weighted by Gasteiger charge is -2.14. The van der Waals surface area contributed by atoms with Gasteiger partial charge < -0.3 is 5.32 Å². The van der Waals surface area contributed by atoms with Crippen LogP contribution in [-0.2, 0) is 16.4 Å². The van der Waals surface area contributed by atoms with Gasteiger partial charge in [-0.2, -0.15) is 11.8 Å². The van der Waals surface area contributed by atoms with Gasteiger partial charge in [-0.3, -0.25) is 0 Å². The molecule has 1 saturated carbocycles. The van der Waals surface area contributed by atoms with Crippen molar-refractivity contribution in [3.63, 3.8) is 0 Å². The maximum Gasteiger partial charge on any atom is 0.250 e. The highest BCUT2D eigenvalue weighted by molar-refractivity contribution is 7.98. The molecule has 0 amide bonds.